The van der Waals surface area contributed by atoms with Crippen molar-refractivity contribution in [2.45, 2.75) is 19.3 Å². The van der Waals surface area contributed by atoms with Gasteiger partial charge in [-0.2, -0.15) is 0 Å². The highest BCUT2D eigenvalue weighted by atomic mass is 35.5. The van der Waals surface area contributed by atoms with E-state index in [9.17, 15) is 14.4 Å². The third-order valence-electron chi connectivity index (χ3n) is 3.52. The number of anilines is 1. The maximum absolute atomic E-state index is 12.4. The second-order valence-corrected chi connectivity index (χ2v) is 5.45. The fourth-order valence-corrected chi connectivity index (χ4v) is 2.43. The first kappa shape index (κ1) is 16.2. The molecule has 1 aromatic carbocycles. The number of para-hydroxylation sites is 1. The Morgan fingerprint density at radius 2 is 2.09 bits per heavy atom. The number of rotatable bonds is 5. The molecule has 1 aromatic rings. The molecular weight excluding hydrogens is 304 g/mol. The summed E-state index contributed by atoms with van der Waals surface area (Å²) in [6.45, 7) is 3.72. The lowest BCUT2D eigenvalue weighted by Crippen LogP contribution is -2.35. The molecule has 0 aliphatic carbocycles. The van der Waals surface area contributed by atoms with Crippen molar-refractivity contribution >= 4 is 34.9 Å². The highest BCUT2D eigenvalue weighted by Gasteiger charge is 2.27. The molecule has 0 saturated carbocycles. The van der Waals surface area contributed by atoms with Crippen LogP contribution in [0, 0.1) is 5.92 Å². The predicted octanol–water partition coefficient (Wildman–Crippen LogP) is 2.48. The van der Waals surface area contributed by atoms with Crippen molar-refractivity contribution in [3.63, 3.8) is 0 Å². The molecule has 2 N–H and O–H groups in total. The summed E-state index contributed by atoms with van der Waals surface area (Å²) < 4.78 is 0. The molecule has 1 aliphatic heterocycles. The topological polar surface area (TPSA) is 75.3 Å². The minimum absolute atomic E-state index is 0.104. The van der Waals surface area contributed by atoms with E-state index in [4.69, 9.17) is 11.6 Å². The molecule has 1 unspecified atom stereocenters. The van der Waals surface area contributed by atoms with Gasteiger partial charge in [0.25, 0.3) is 0 Å². The number of hydrogen-bond donors (Lipinski definition) is 2. The van der Waals surface area contributed by atoms with Crippen LogP contribution < -0.4 is 10.6 Å². The number of piperidine rings is 1. The number of Topliss-reactive ketones (excluding diaryl/α,β-unsaturated/α-hetero) is 1. The van der Waals surface area contributed by atoms with Crippen molar-refractivity contribution in [1.82, 2.24) is 5.32 Å². The van der Waals surface area contributed by atoms with Crippen LogP contribution in [0.1, 0.15) is 29.6 Å². The smallest absolute Gasteiger partial charge is 0.239 e. The maximum Gasteiger partial charge on any atom is 0.239 e. The Hall–Kier alpha value is -2.14. The summed E-state index contributed by atoms with van der Waals surface area (Å²) in [5.74, 6) is -1.29. The molecule has 0 radical (unpaired) electrons. The molecular formula is C16H17ClN2O3. The molecule has 2 amide bonds. The minimum Gasteiger partial charge on any atom is -0.330 e. The lowest BCUT2D eigenvalue weighted by Gasteiger charge is -2.23. The molecule has 1 fully saturated rings. The van der Waals surface area contributed by atoms with Gasteiger partial charge < -0.3 is 10.6 Å². The van der Waals surface area contributed by atoms with Crippen molar-refractivity contribution in [1.29, 1.82) is 0 Å². The summed E-state index contributed by atoms with van der Waals surface area (Å²) in [6, 6.07) is 6.70. The lowest BCUT2D eigenvalue weighted by atomic mass is 9.90. The summed E-state index contributed by atoms with van der Waals surface area (Å²) in [6.07, 6.45) is 1.38. The Kier molecular flexibility index (Phi) is 5.33. The fourth-order valence-electron chi connectivity index (χ4n) is 2.37. The molecule has 0 bridgehead atoms. The van der Waals surface area contributed by atoms with Gasteiger partial charge >= 0.3 is 0 Å². The van der Waals surface area contributed by atoms with Gasteiger partial charge in [0, 0.05) is 23.6 Å². The van der Waals surface area contributed by atoms with Crippen molar-refractivity contribution in [2.75, 3.05) is 11.2 Å². The van der Waals surface area contributed by atoms with E-state index in [1.54, 1.807) is 24.3 Å². The zero-order valence-corrected chi connectivity index (χ0v) is 12.8. The Morgan fingerprint density at radius 3 is 2.77 bits per heavy atom. The second kappa shape index (κ2) is 7.22. The number of carbonyl (C=O) groups is 3. The van der Waals surface area contributed by atoms with E-state index in [0.717, 1.165) is 0 Å². The average Bonchev–Trinajstić information content (AvgIpc) is 2.50. The monoisotopic (exact) mass is 320 g/mol. The van der Waals surface area contributed by atoms with Gasteiger partial charge in [0.05, 0.1) is 5.69 Å². The van der Waals surface area contributed by atoms with Gasteiger partial charge in [-0.25, -0.2) is 0 Å². The molecule has 1 aliphatic rings. The Bertz CT molecular complexity index is 628. The highest BCUT2D eigenvalue weighted by Crippen LogP contribution is 2.24. The van der Waals surface area contributed by atoms with Crippen LogP contribution in [0.3, 0.4) is 0 Å². The molecule has 0 spiro atoms. The normalized spacial score (nSPS) is 17.8. The van der Waals surface area contributed by atoms with Crippen LogP contribution in [0.25, 0.3) is 0 Å². The average molecular weight is 321 g/mol. The molecule has 1 atom stereocenters. The van der Waals surface area contributed by atoms with Gasteiger partial charge in [-0.1, -0.05) is 18.7 Å². The largest absolute Gasteiger partial charge is 0.330 e. The second-order valence-electron chi connectivity index (χ2n) is 5.18. The van der Waals surface area contributed by atoms with Crippen LogP contribution >= 0.6 is 11.6 Å². The number of nitrogens with one attached hydrogen (secondary N) is 2. The third-order valence-corrected chi connectivity index (χ3v) is 3.76. The zero-order valence-electron chi connectivity index (χ0n) is 12.0. The first-order chi connectivity index (χ1) is 10.5. The summed E-state index contributed by atoms with van der Waals surface area (Å²) >= 11 is 5.46. The van der Waals surface area contributed by atoms with Gasteiger partial charge in [-0.05, 0) is 25.0 Å². The van der Waals surface area contributed by atoms with Gasteiger partial charge in [-0.3, -0.25) is 14.4 Å². The van der Waals surface area contributed by atoms with Gasteiger partial charge in [0.1, 0.15) is 5.88 Å². The quantitative estimate of drug-likeness (QED) is 0.646. The van der Waals surface area contributed by atoms with Crippen molar-refractivity contribution in [2.24, 2.45) is 5.92 Å². The predicted molar refractivity (Wildman–Crippen MR) is 84.7 cm³/mol. The van der Waals surface area contributed by atoms with Gasteiger partial charge in [0.2, 0.25) is 11.8 Å². The molecule has 0 aromatic heterocycles. The lowest BCUT2D eigenvalue weighted by molar-refractivity contribution is -0.125. The van der Waals surface area contributed by atoms with Gasteiger partial charge in [-0.15, -0.1) is 11.6 Å². The molecule has 116 valence electrons. The maximum atomic E-state index is 12.4. The zero-order chi connectivity index (χ0) is 16.1. The van der Waals surface area contributed by atoms with Crippen LogP contribution in [0.2, 0.25) is 0 Å². The van der Waals surface area contributed by atoms with Crippen molar-refractivity contribution in [3.05, 3.63) is 42.1 Å². The first-order valence-corrected chi connectivity index (χ1v) is 7.51. The number of alkyl halides is 1. The molecule has 2 rings (SSSR count). The highest BCUT2D eigenvalue weighted by molar-refractivity contribution is 6.29. The number of amides is 2. The molecule has 22 heavy (non-hydrogen) atoms. The van der Waals surface area contributed by atoms with E-state index < -0.39 is 0 Å². The van der Waals surface area contributed by atoms with E-state index in [2.05, 4.69) is 17.2 Å². The minimum atomic E-state index is -0.381. The van der Waals surface area contributed by atoms with Crippen LogP contribution in [0.15, 0.2) is 36.5 Å². The van der Waals surface area contributed by atoms with Crippen LogP contribution in [-0.2, 0) is 9.59 Å². The molecule has 5 nitrogen and oxygen atoms in total. The van der Waals surface area contributed by atoms with Crippen LogP contribution in [0.5, 0.6) is 0 Å². The summed E-state index contributed by atoms with van der Waals surface area (Å²) in [7, 11) is 0. The van der Waals surface area contributed by atoms with Crippen LogP contribution in [-0.4, -0.2) is 23.5 Å². The Labute approximate surface area is 133 Å². The summed E-state index contributed by atoms with van der Waals surface area (Å²) in [5.41, 5.74) is 1.49. The Balaban J connectivity index is 2.11. The number of halogens is 1. The van der Waals surface area contributed by atoms with E-state index >= 15 is 0 Å². The number of hydrogen-bond acceptors (Lipinski definition) is 3. The van der Waals surface area contributed by atoms with Gasteiger partial charge in [0.15, 0.2) is 5.78 Å². The number of carbonyl (C=O) groups excluding carboxylic acids is 3. The van der Waals surface area contributed by atoms with E-state index in [1.165, 1.54) is 0 Å². The molecule has 1 saturated heterocycles. The summed E-state index contributed by atoms with van der Waals surface area (Å²) in [5, 5.41) is 5.26. The van der Waals surface area contributed by atoms with Crippen molar-refractivity contribution in [3.8, 4) is 0 Å². The third kappa shape index (κ3) is 3.95. The summed E-state index contributed by atoms with van der Waals surface area (Å²) in [4.78, 5) is 35.7. The Morgan fingerprint density at radius 1 is 1.36 bits per heavy atom. The van der Waals surface area contributed by atoms with E-state index in [1.807, 2.05) is 0 Å². The van der Waals surface area contributed by atoms with E-state index in [-0.39, 0.29) is 35.8 Å². The van der Waals surface area contributed by atoms with Crippen LogP contribution in [0.4, 0.5) is 5.69 Å². The number of ketones is 1. The molecule has 6 heteroatoms. The number of allylic oxidation sites excluding steroid dienone is 1. The van der Waals surface area contributed by atoms with E-state index in [0.29, 0.717) is 29.8 Å². The van der Waals surface area contributed by atoms with Crippen molar-refractivity contribution < 1.29 is 14.4 Å². The first-order valence-electron chi connectivity index (χ1n) is 6.98. The standard InChI is InChI=1S/C16H17ClN2O3/c1-10-6-7-11(16(22)18-10)8-14(20)12-4-2-3-5-13(12)19-15(21)9-17/h2-5,11H,1,6-9H2,(H,18,22)(H,19,21). The SMILES string of the molecule is C=C1CCC(CC(=O)c2ccccc2NC(=O)CCl)C(=O)N1. The number of benzene rings is 1. The molecule has 1 heterocycles. The fraction of sp³-hybridized carbons (Fsp3) is 0.312.